The number of aliphatic carboxylic acids is 1. The average Bonchev–Trinajstić information content (AvgIpc) is 2.41. The van der Waals surface area contributed by atoms with Crippen molar-refractivity contribution in [2.45, 2.75) is 51.6 Å². The zero-order chi connectivity index (χ0) is 16.0. The first-order valence-electron chi connectivity index (χ1n) is 7.26. The molecule has 0 aliphatic heterocycles. The van der Waals surface area contributed by atoms with Crippen molar-refractivity contribution < 1.29 is 27.9 Å². The van der Waals surface area contributed by atoms with Crippen LogP contribution in [0.5, 0.6) is 0 Å². The Labute approximate surface area is 122 Å². The van der Waals surface area contributed by atoms with Crippen LogP contribution in [-0.2, 0) is 9.59 Å². The first-order chi connectivity index (χ1) is 9.70. The van der Waals surface area contributed by atoms with Gasteiger partial charge in [-0.2, -0.15) is 13.2 Å². The maximum absolute atomic E-state index is 12.5. The molecular formula is C14H22F3NO3. The highest BCUT2D eigenvalue weighted by molar-refractivity contribution is 5.78. The van der Waals surface area contributed by atoms with Crippen LogP contribution in [0.15, 0.2) is 0 Å². The van der Waals surface area contributed by atoms with Crippen LogP contribution in [0.25, 0.3) is 0 Å². The molecule has 1 atom stereocenters. The molecule has 1 rings (SSSR count). The molecule has 1 saturated carbocycles. The summed E-state index contributed by atoms with van der Waals surface area (Å²) in [5.74, 6) is -2.68. The number of hydrogen-bond acceptors (Lipinski definition) is 2. The van der Waals surface area contributed by atoms with Crippen molar-refractivity contribution in [2.75, 3.05) is 6.54 Å². The zero-order valence-electron chi connectivity index (χ0n) is 12.1. The number of carbonyl (C=O) groups is 2. The van der Waals surface area contributed by atoms with Gasteiger partial charge >= 0.3 is 12.1 Å². The van der Waals surface area contributed by atoms with Gasteiger partial charge in [-0.1, -0.05) is 6.92 Å². The number of carboxylic acid groups (broad SMARTS) is 1. The lowest BCUT2D eigenvalue weighted by molar-refractivity contribution is -0.184. The van der Waals surface area contributed by atoms with E-state index >= 15 is 0 Å². The van der Waals surface area contributed by atoms with Crippen LogP contribution in [0, 0.1) is 17.8 Å². The molecule has 0 heterocycles. The summed E-state index contributed by atoms with van der Waals surface area (Å²) < 4.78 is 37.6. The number of nitrogens with one attached hydrogen (secondary N) is 1. The molecule has 0 aromatic carbocycles. The van der Waals surface area contributed by atoms with E-state index < -0.39 is 18.1 Å². The highest BCUT2D eigenvalue weighted by Crippen LogP contribution is 2.39. The van der Waals surface area contributed by atoms with Crippen molar-refractivity contribution in [2.24, 2.45) is 17.8 Å². The Kier molecular flexibility index (Phi) is 6.48. The molecule has 0 bridgehead atoms. The minimum Gasteiger partial charge on any atom is -0.481 e. The van der Waals surface area contributed by atoms with Crippen molar-refractivity contribution in [1.29, 1.82) is 0 Å². The summed E-state index contributed by atoms with van der Waals surface area (Å²) in [4.78, 5) is 22.3. The summed E-state index contributed by atoms with van der Waals surface area (Å²) in [5, 5.41) is 11.3. The fraction of sp³-hybridized carbons (Fsp3) is 0.857. The van der Waals surface area contributed by atoms with E-state index in [-0.39, 0.29) is 49.8 Å². The lowest BCUT2D eigenvalue weighted by Gasteiger charge is -2.29. The fourth-order valence-corrected chi connectivity index (χ4v) is 2.57. The Morgan fingerprint density at radius 1 is 1.24 bits per heavy atom. The molecule has 122 valence electrons. The molecule has 1 fully saturated rings. The SMILES string of the molecule is CC(CCC(=O)O)CNC(=O)C1CCC(C(F)(F)F)CC1. The summed E-state index contributed by atoms with van der Waals surface area (Å²) in [6.45, 7) is 2.20. The quantitative estimate of drug-likeness (QED) is 0.792. The van der Waals surface area contributed by atoms with Gasteiger partial charge in [-0.25, -0.2) is 0 Å². The van der Waals surface area contributed by atoms with Gasteiger partial charge in [-0.05, 0) is 38.0 Å². The highest BCUT2D eigenvalue weighted by atomic mass is 19.4. The van der Waals surface area contributed by atoms with E-state index in [0.29, 0.717) is 13.0 Å². The molecule has 0 spiro atoms. The van der Waals surface area contributed by atoms with Crippen molar-refractivity contribution in [3.05, 3.63) is 0 Å². The second kappa shape index (κ2) is 7.66. The van der Waals surface area contributed by atoms with E-state index in [2.05, 4.69) is 5.32 Å². The molecule has 0 aromatic heterocycles. The van der Waals surface area contributed by atoms with Crippen LogP contribution in [0.4, 0.5) is 13.2 Å². The molecule has 0 radical (unpaired) electrons. The van der Waals surface area contributed by atoms with Gasteiger partial charge in [0.2, 0.25) is 5.91 Å². The molecule has 7 heteroatoms. The van der Waals surface area contributed by atoms with E-state index in [4.69, 9.17) is 5.11 Å². The second-order valence-electron chi connectivity index (χ2n) is 5.87. The zero-order valence-corrected chi connectivity index (χ0v) is 12.1. The lowest BCUT2D eigenvalue weighted by atomic mass is 9.81. The van der Waals surface area contributed by atoms with E-state index in [1.54, 1.807) is 0 Å². The van der Waals surface area contributed by atoms with Gasteiger partial charge in [0, 0.05) is 18.9 Å². The number of hydrogen-bond donors (Lipinski definition) is 2. The smallest absolute Gasteiger partial charge is 0.391 e. The predicted molar refractivity (Wildman–Crippen MR) is 70.5 cm³/mol. The first-order valence-corrected chi connectivity index (χ1v) is 7.26. The van der Waals surface area contributed by atoms with E-state index in [1.807, 2.05) is 6.92 Å². The van der Waals surface area contributed by atoms with Gasteiger partial charge in [0.25, 0.3) is 0 Å². The highest BCUT2D eigenvalue weighted by Gasteiger charge is 2.42. The molecule has 0 aromatic rings. The number of alkyl halides is 3. The fourth-order valence-electron chi connectivity index (χ4n) is 2.57. The van der Waals surface area contributed by atoms with Gasteiger partial charge in [-0.3, -0.25) is 9.59 Å². The number of carboxylic acids is 1. The molecule has 0 saturated heterocycles. The summed E-state index contributed by atoms with van der Waals surface area (Å²) in [5.41, 5.74) is 0. The molecule has 1 unspecified atom stereocenters. The van der Waals surface area contributed by atoms with Crippen LogP contribution < -0.4 is 5.32 Å². The number of halogens is 3. The van der Waals surface area contributed by atoms with Crippen molar-refractivity contribution in [3.8, 4) is 0 Å². The standard InChI is InChI=1S/C14H22F3NO3/c1-9(2-7-12(19)20)8-18-13(21)10-3-5-11(6-4-10)14(15,16)17/h9-11H,2-8H2,1H3,(H,18,21)(H,19,20). The number of rotatable bonds is 6. The maximum Gasteiger partial charge on any atom is 0.391 e. The normalized spacial score (nSPS) is 24.4. The van der Waals surface area contributed by atoms with Crippen LogP contribution in [0.3, 0.4) is 0 Å². The van der Waals surface area contributed by atoms with Gasteiger partial charge in [0.1, 0.15) is 0 Å². The monoisotopic (exact) mass is 309 g/mol. The van der Waals surface area contributed by atoms with Crippen molar-refractivity contribution in [1.82, 2.24) is 5.32 Å². The van der Waals surface area contributed by atoms with Crippen LogP contribution in [0.2, 0.25) is 0 Å². The third kappa shape index (κ3) is 6.35. The molecule has 21 heavy (non-hydrogen) atoms. The Bertz CT molecular complexity index is 363. The van der Waals surface area contributed by atoms with Crippen LogP contribution in [-0.4, -0.2) is 29.7 Å². The van der Waals surface area contributed by atoms with Gasteiger partial charge in [0.05, 0.1) is 5.92 Å². The average molecular weight is 309 g/mol. The minimum atomic E-state index is -4.16. The van der Waals surface area contributed by atoms with Crippen LogP contribution >= 0.6 is 0 Å². The molecule has 1 aliphatic carbocycles. The Morgan fingerprint density at radius 2 is 1.81 bits per heavy atom. The third-order valence-electron chi connectivity index (χ3n) is 4.04. The van der Waals surface area contributed by atoms with E-state index in [0.717, 1.165) is 0 Å². The Morgan fingerprint density at radius 3 is 2.29 bits per heavy atom. The van der Waals surface area contributed by atoms with Gasteiger partial charge in [-0.15, -0.1) is 0 Å². The van der Waals surface area contributed by atoms with Crippen LogP contribution in [0.1, 0.15) is 45.4 Å². The van der Waals surface area contributed by atoms with E-state index in [9.17, 15) is 22.8 Å². The minimum absolute atomic E-state index is 0.0101. The first kappa shape index (κ1) is 17.8. The number of carbonyl (C=O) groups excluding carboxylic acids is 1. The molecule has 4 nitrogen and oxygen atoms in total. The van der Waals surface area contributed by atoms with Crippen molar-refractivity contribution in [3.63, 3.8) is 0 Å². The topological polar surface area (TPSA) is 66.4 Å². The molecular weight excluding hydrogens is 287 g/mol. The van der Waals surface area contributed by atoms with Crippen molar-refractivity contribution >= 4 is 11.9 Å². The lowest BCUT2D eigenvalue weighted by Crippen LogP contribution is -2.37. The molecule has 2 N–H and O–H groups in total. The largest absolute Gasteiger partial charge is 0.481 e. The summed E-state index contributed by atoms with van der Waals surface area (Å²) in [6, 6.07) is 0. The summed E-state index contributed by atoms with van der Waals surface area (Å²) >= 11 is 0. The van der Waals surface area contributed by atoms with E-state index in [1.165, 1.54) is 0 Å². The Hall–Kier alpha value is -1.27. The molecule has 1 aliphatic rings. The van der Waals surface area contributed by atoms with Gasteiger partial charge < -0.3 is 10.4 Å². The third-order valence-corrected chi connectivity index (χ3v) is 4.04. The summed E-state index contributed by atoms with van der Waals surface area (Å²) in [6.07, 6.45) is -3.09. The molecule has 1 amide bonds. The van der Waals surface area contributed by atoms with Gasteiger partial charge in [0.15, 0.2) is 0 Å². The number of amides is 1. The summed E-state index contributed by atoms with van der Waals surface area (Å²) in [7, 11) is 0. The second-order valence-corrected chi connectivity index (χ2v) is 5.87. The maximum atomic E-state index is 12.5. The predicted octanol–water partition coefficient (Wildman–Crippen LogP) is 2.97. The Balaban J connectivity index is 2.26.